The van der Waals surface area contributed by atoms with Crippen LogP contribution >= 0.6 is 46.4 Å². The van der Waals surface area contributed by atoms with E-state index in [1.165, 1.54) is 27.5 Å². The van der Waals surface area contributed by atoms with Gasteiger partial charge in [-0.2, -0.15) is 0 Å². The Morgan fingerprint density at radius 3 is 1.89 bits per heavy atom. The zero-order chi connectivity index (χ0) is 20.1. The smallest absolute Gasteiger partial charge is 0.0680 e. The monoisotopic (exact) mass is 444 g/mol. The van der Waals surface area contributed by atoms with Crippen LogP contribution in [0.15, 0.2) is 24.3 Å². The molecule has 0 unspecified atom stereocenters. The van der Waals surface area contributed by atoms with Gasteiger partial charge in [0, 0.05) is 10.8 Å². The Balaban J connectivity index is 2.38. The molecule has 0 aromatic heterocycles. The van der Waals surface area contributed by atoms with Gasteiger partial charge in [0.2, 0.25) is 0 Å². The van der Waals surface area contributed by atoms with E-state index in [1.807, 2.05) is 13.0 Å². The SMILES string of the molecule is Cc1c(C)c2c(C)c(Cl)c(Cl)c3c4c(Cl)c(Cl)cc5cccc(c(c1C)c23)c54. The molecule has 5 aromatic rings. The second-order valence-corrected chi connectivity index (χ2v) is 9.12. The molecule has 0 aliphatic rings. The topological polar surface area (TPSA) is 0 Å². The van der Waals surface area contributed by atoms with Gasteiger partial charge in [0.15, 0.2) is 0 Å². The van der Waals surface area contributed by atoms with Crippen molar-refractivity contribution in [2.24, 2.45) is 0 Å². The van der Waals surface area contributed by atoms with Crippen LogP contribution in [0.1, 0.15) is 22.3 Å². The Kier molecular flexibility index (Phi) is 4.00. The lowest BCUT2D eigenvalue weighted by Gasteiger charge is -2.23. The molecule has 5 rings (SSSR count). The molecule has 0 aliphatic heterocycles. The van der Waals surface area contributed by atoms with E-state index in [1.54, 1.807) is 0 Å². The predicted molar refractivity (Wildman–Crippen MR) is 127 cm³/mol. The summed E-state index contributed by atoms with van der Waals surface area (Å²) in [5.74, 6) is 0. The molecule has 0 saturated carbocycles. The maximum atomic E-state index is 6.87. The summed E-state index contributed by atoms with van der Waals surface area (Å²) in [5, 5.41) is 10.7. The number of hydrogen-bond donors (Lipinski definition) is 0. The molecule has 0 aliphatic carbocycles. The van der Waals surface area contributed by atoms with Crippen molar-refractivity contribution in [2.45, 2.75) is 27.7 Å². The lowest BCUT2D eigenvalue weighted by Crippen LogP contribution is -1.98. The first kappa shape index (κ1) is 18.6. The van der Waals surface area contributed by atoms with Gasteiger partial charge in [-0.3, -0.25) is 0 Å². The van der Waals surface area contributed by atoms with Crippen LogP contribution in [0.2, 0.25) is 20.1 Å². The zero-order valence-corrected chi connectivity index (χ0v) is 18.8. The van der Waals surface area contributed by atoms with Crippen LogP contribution in [0.3, 0.4) is 0 Å². The quantitative estimate of drug-likeness (QED) is 0.164. The van der Waals surface area contributed by atoms with Crippen LogP contribution in [0.25, 0.3) is 43.1 Å². The van der Waals surface area contributed by atoms with Crippen molar-refractivity contribution in [3.05, 3.63) is 66.6 Å². The number of rotatable bonds is 0. The Morgan fingerprint density at radius 1 is 0.536 bits per heavy atom. The molecule has 0 nitrogen and oxygen atoms in total. The Bertz CT molecular complexity index is 1470. The van der Waals surface area contributed by atoms with Crippen LogP contribution < -0.4 is 0 Å². The molecular formula is C24H16Cl4. The Hall–Kier alpha value is -1.44. The molecule has 0 spiro atoms. The third-order valence-electron chi connectivity index (χ3n) is 6.32. The number of benzene rings is 5. The van der Waals surface area contributed by atoms with Crippen molar-refractivity contribution >= 4 is 89.5 Å². The molecule has 0 saturated heterocycles. The third-order valence-corrected chi connectivity index (χ3v) is 8.05. The number of hydrogen-bond acceptors (Lipinski definition) is 0. The average molecular weight is 446 g/mol. The molecule has 4 heteroatoms. The molecule has 28 heavy (non-hydrogen) atoms. The van der Waals surface area contributed by atoms with Crippen LogP contribution in [-0.4, -0.2) is 0 Å². The fraction of sp³-hybridized carbons (Fsp3) is 0.167. The maximum Gasteiger partial charge on any atom is 0.0680 e. The van der Waals surface area contributed by atoms with Crippen molar-refractivity contribution in [3.8, 4) is 0 Å². The van der Waals surface area contributed by atoms with Gasteiger partial charge in [-0.25, -0.2) is 0 Å². The first-order valence-corrected chi connectivity index (χ1v) is 10.6. The number of aryl methyl sites for hydroxylation is 3. The molecular weight excluding hydrogens is 430 g/mol. The summed E-state index contributed by atoms with van der Waals surface area (Å²) < 4.78 is 0. The van der Waals surface area contributed by atoms with Gasteiger partial charge in [0.25, 0.3) is 0 Å². The number of fused-ring (bicyclic) bond motifs is 2. The van der Waals surface area contributed by atoms with Gasteiger partial charge < -0.3 is 0 Å². The number of halogens is 4. The van der Waals surface area contributed by atoms with Crippen molar-refractivity contribution in [2.75, 3.05) is 0 Å². The molecule has 0 amide bonds. The average Bonchev–Trinajstić information content (AvgIpc) is 2.67. The van der Waals surface area contributed by atoms with Crippen LogP contribution in [0.5, 0.6) is 0 Å². The van der Waals surface area contributed by atoms with E-state index in [4.69, 9.17) is 46.4 Å². The third kappa shape index (κ3) is 2.10. The van der Waals surface area contributed by atoms with Crippen LogP contribution in [0.4, 0.5) is 0 Å². The Morgan fingerprint density at radius 2 is 1.18 bits per heavy atom. The molecule has 0 bridgehead atoms. The summed E-state index contributed by atoms with van der Waals surface area (Å²) in [6.45, 7) is 8.54. The van der Waals surface area contributed by atoms with E-state index >= 15 is 0 Å². The summed E-state index contributed by atoms with van der Waals surface area (Å²) in [5.41, 5.74) is 4.76. The largest absolute Gasteiger partial charge is 0.0827 e. The molecule has 140 valence electrons. The van der Waals surface area contributed by atoms with Crippen LogP contribution in [-0.2, 0) is 0 Å². The normalized spacial score (nSPS) is 12.3. The molecule has 0 heterocycles. The lowest BCUT2D eigenvalue weighted by atomic mass is 9.83. The van der Waals surface area contributed by atoms with Gasteiger partial charge in [0.1, 0.15) is 0 Å². The van der Waals surface area contributed by atoms with Gasteiger partial charge in [-0.05, 0) is 88.3 Å². The standard InChI is InChI=1S/C24H16Cl4/c1-9-10(2)16-12(4)22(26)24(28)21-19(16)17(11(9)3)14-7-5-6-13-8-15(25)23(27)20(21)18(13)14/h5-8H,1-4H3. The molecule has 0 radical (unpaired) electrons. The predicted octanol–water partition coefficient (Wildman–Crippen LogP) is 9.58. The highest BCUT2D eigenvalue weighted by atomic mass is 35.5. The van der Waals surface area contributed by atoms with Crippen molar-refractivity contribution < 1.29 is 0 Å². The minimum absolute atomic E-state index is 0.520. The van der Waals surface area contributed by atoms with Crippen molar-refractivity contribution in [1.29, 1.82) is 0 Å². The van der Waals surface area contributed by atoms with E-state index in [9.17, 15) is 0 Å². The summed E-state index contributed by atoms with van der Waals surface area (Å²) in [7, 11) is 0. The van der Waals surface area contributed by atoms with E-state index < -0.39 is 0 Å². The van der Waals surface area contributed by atoms with Crippen LogP contribution in [0, 0.1) is 27.7 Å². The summed E-state index contributed by atoms with van der Waals surface area (Å²) in [4.78, 5) is 0. The first-order chi connectivity index (χ1) is 13.3. The molecule has 0 atom stereocenters. The Labute approximate surface area is 183 Å². The highest BCUT2D eigenvalue weighted by Gasteiger charge is 2.25. The highest BCUT2D eigenvalue weighted by molar-refractivity contribution is 6.54. The zero-order valence-electron chi connectivity index (χ0n) is 15.8. The molecule has 0 N–H and O–H groups in total. The fourth-order valence-electron chi connectivity index (χ4n) is 4.78. The fourth-order valence-corrected chi connectivity index (χ4v) is 5.76. The summed E-state index contributed by atoms with van der Waals surface area (Å²) >= 11 is 26.9. The van der Waals surface area contributed by atoms with E-state index in [0.717, 1.165) is 37.9 Å². The van der Waals surface area contributed by atoms with E-state index in [-0.39, 0.29) is 0 Å². The van der Waals surface area contributed by atoms with Gasteiger partial charge >= 0.3 is 0 Å². The maximum absolute atomic E-state index is 6.87. The summed E-state index contributed by atoms with van der Waals surface area (Å²) in [6.07, 6.45) is 0. The lowest BCUT2D eigenvalue weighted by molar-refractivity contribution is 1.31. The van der Waals surface area contributed by atoms with Gasteiger partial charge in [0.05, 0.1) is 20.1 Å². The summed E-state index contributed by atoms with van der Waals surface area (Å²) in [6, 6.07) is 8.22. The minimum Gasteiger partial charge on any atom is -0.0827 e. The minimum atomic E-state index is 0.520. The van der Waals surface area contributed by atoms with Gasteiger partial charge in [-0.15, -0.1) is 0 Å². The highest BCUT2D eigenvalue weighted by Crippen LogP contribution is 2.52. The molecule has 0 fully saturated rings. The van der Waals surface area contributed by atoms with Crippen molar-refractivity contribution in [3.63, 3.8) is 0 Å². The van der Waals surface area contributed by atoms with Crippen molar-refractivity contribution in [1.82, 2.24) is 0 Å². The van der Waals surface area contributed by atoms with E-state index in [2.05, 4.69) is 39.0 Å². The van der Waals surface area contributed by atoms with Gasteiger partial charge in [-0.1, -0.05) is 64.6 Å². The second-order valence-electron chi connectivity index (χ2n) is 7.58. The first-order valence-electron chi connectivity index (χ1n) is 9.08. The second kappa shape index (κ2) is 6.03. The molecule has 5 aromatic carbocycles. The van der Waals surface area contributed by atoms with E-state index in [0.29, 0.717) is 20.1 Å².